The topological polar surface area (TPSA) is 37.4 Å². The molecule has 0 N–H and O–H groups in total. The fourth-order valence-electron chi connectivity index (χ4n) is 1.78. The molecule has 0 unspecified atom stereocenters. The van der Waals surface area contributed by atoms with Crippen molar-refractivity contribution in [2.45, 2.75) is 0 Å². The van der Waals surface area contributed by atoms with E-state index in [9.17, 15) is 27.2 Å². The van der Waals surface area contributed by atoms with Crippen LogP contribution in [0.4, 0.5) is 17.6 Å². The number of hydrogen-bond acceptors (Lipinski definition) is 2. The summed E-state index contributed by atoms with van der Waals surface area (Å²) < 4.78 is 52.7. The van der Waals surface area contributed by atoms with Crippen LogP contribution in [0.1, 0.15) is 20.7 Å². The minimum atomic E-state index is -1.15. The summed E-state index contributed by atoms with van der Waals surface area (Å²) in [7, 11) is 1.01. The minimum absolute atomic E-state index is 0.465. The van der Waals surface area contributed by atoms with Gasteiger partial charge < -0.3 is 0 Å². The lowest BCUT2D eigenvalue weighted by molar-refractivity contribution is 0.0651. The third-order valence-corrected chi connectivity index (χ3v) is 2.93. The maximum absolute atomic E-state index is 13.5. The summed E-state index contributed by atoms with van der Waals surface area (Å²) in [4.78, 5) is 24.5. The van der Waals surface area contributed by atoms with E-state index >= 15 is 0 Å². The Morgan fingerprint density at radius 2 is 1.14 bits per heavy atom. The zero-order chi connectivity index (χ0) is 16.4. The molecule has 0 saturated carbocycles. The van der Waals surface area contributed by atoms with Crippen LogP contribution in [0.3, 0.4) is 0 Å². The van der Waals surface area contributed by atoms with Gasteiger partial charge in [-0.05, 0) is 24.3 Å². The number of hydrogen-bond donors (Lipinski definition) is 0. The summed E-state index contributed by atoms with van der Waals surface area (Å²) in [5.41, 5.74) is -1.08. The van der Waals surface area contributed by atoms with Gasteiger partial charge in [0.25, 0.3) is 11.8 Å². The summed E-state index contributed by atoms with van der Waals surface area (Å²) in [5.74, 6) is -6.22. The van der Waals surface area contributed by atoms with Crippen LogP contribution in [-0.4, -0.2) is 23.8 Å². The van der Waals surface area contributed by atoms with Crippen LogP contribution in [0.5, 0.6) is 0 Å². The fraction of sp³-hybridized carbons (Fsp3) is 0.0667. The average molecular weight is 311 g/mol. The quantitative estimate of drug-likeness (QED) is 0.631. The molecule has 0 aromatic heterocycles. The molecule has 2 aromatic rings. The van der Waals surface area contributed by atoms with E-state index in [1.807, 2.05) is 0 Å². The van der Waals surface area contributed by atoms with Gasteiger partial charge in [0.1, 0.15) is 23.3 Å². The smallest absolute Gasteiger partial charge is 0.263 e. The molecular formula is C15H9F4NO2. The molecule has 7 heteroatoms. The molecular weight excluding hydrogens is 302 g/mol. The lowest BCUT2D eigenvalue weighted by Gasteiger charge is -2.16. The Hall–Kier alpha value is -2.70. The van der Waals surface area contributed by atoms with Gasteiger partial charge in [-0.2, -0.15) is 0 Å². The summed E-state index contributed by atoms with van der Waals surface area (Å²) in [5, 5.41) is 0. The molecule has 114 valence electrons. The van der Waals surface area contributed by atoms with Crippen LogP contribution in [0, 0.1) is 23.3 Å². The summed E-state index contributed by atoms with van der Waals surface area (Å²) in [6, 6.07) is 4.43. The zero-order valence-electron chi connectivity index (χ0n) is 11.2. The van der Waals surface area contributed by atoms with Crippen LogP contribution in [0.25, 0.3) is 0 Å². The number of amides is 2. The first-order chi connectivity index (χ1) is 10.3. The van der Waals surface area contributed by atoms with E-state index in [-0.39, 0.29) is 0 Å². The van der Waals surface area contributed by atoms with Crippen molar-refractivity contribution >= 4 is 11.8 Å². The maximum Gasteiger partial charge on any atom is 0.263 e. The van der Waals surface area contributed by atoms with E-state index in [0.717, 1.165) is 31.3 Å². The first-order valence-corrected chi connectivity index (χ1v) is 6.03. The van der Waals surface area contributed by atoms with Gasteiger partial charge in [-0.15, -0.1) is 0 Å². The largest absolute Gasteiger partial charge is 0.277 e. The molecule has 0 saturated heterocycles. The summed E-state index contributed by atoms with van der Waals surface area (Å²) in [6.45, 7) is 0. The molecule has 0 heterocycles. The van der Waals surface area contributed by atoms with Crippen LogP contribution in [0.2, 0.25) is 0 Å². The van der Waals surface area contributed by atoms with E-state index in [1.165, 1.54) is 0 Å². The van der Waals surface area contributed by atoms with E-state index in [2.05, 4.69) is 0 Å². The maximum atomic E-state index is 13.5. The summed E-state index contributed by atoms with van der Waals surface area (Å²) >= 11 is 0. The lowest BCUT2D eigenvalue weighted by atomic mass is 10.1. The Balaban J connectivity index is 2.32. The van der Waals surface area contributed by atoms with E-state index in [4.69, 9.17) is 0 Å². The van der Waals surface area contributed by atoms with Crippen molar-refractivity contribution in [3.8, 4) is 0 Å². The second kappa shape index (κ2) is 5.97. The Morgan fingerprint density at radius 1 is 0.773 bits per heavy atom. The van der Waals surface area contributed by atoms with Gasteiger partial charge >= 0.3 is 0 Å². The Labute approximate surface area is 122 Å². The van der Waals surface area contributed by atoms with Crippen molar-refractivity contribution < 1.29 is 27.2 Å². The van der Waals surface area contributed by atoms with Crippen LogP contribution >= 0.6 is 0 Å². The molecule has 0 spiro atoms. The molecule has 22 heavy (non-hydrogen) atoms. The highest BCUT2D eigenvalue weighted by Crippen LogP contribution is 2.16. The number of carbonyl (C=O) groups excluding carboxylic acids is 2. The van der Waals surface area contributed by atoms with Gasteiger partial charge in [0.15, 0.2) is 0 Å². The molecule has 0 fully saturated rings. The highest BCUT2D eigenvalue weighted by Gasteiger charge is 2.25. The van der Waals surface area contributed by atoms with Gasteiger partial charge in [-0.3, -0.25) is 14.5 Å². The third-order valence-electron chi connectivity index (χ3n) is 2.93. The molecule has 0 aliphatic carbocycles. The molecule has 0 aliphatic heterocycles. The molecule has 0 aliphatic rings. The molecule has 2 rings (SSSR count). The molecule has 2 aromatic carbocycles. The number of rotatable bonds is 2. The van der Waals surface area contributed by atoms with Gasteiger partial charge in [0.2, 0.25) is 0 Å². The summed E-state index contributed by atoms with van der Waals surface area (Å²) in [6.07, 6.45) is 0. The van der Waals surface area contributed by atoms with Crippen molar-refractivity contribution in [2.75, 3.05) is 7.05 Å². The first kappa shape index (κ1) is 15.7. The third kappa shape index (κ3) is 2.98. The molecule has 0 radical (unpaired) electrons. The van der Waals surface area contributed by atoms with Crippen molar-refractivity contribution in [2.24, 2.45) is 0 Å². The monoisotopic (exact) mass is 311 g/mol. The van der Waals surface area contributed by atoms with Crippen LogP contribution in [0.15, 0.2) is 36.4 Å². The minimum Gasteiger partial charge on any atom is -0.277 e. The highest BCUT2D eigenvalue weighted by atomic mass is 19.1. The number of halogens is 4. The second-order valence-corrected chi connectivity index (χ2v) is 4.42. The molecule has 0 atom stereocenters. The molecule has 0 bridgehead atoms. The number of nitrogens with zero attached hydrogens (tertiary/aromatic N) is 1. The first-order valence-electron chi connectivity index (χ1n) is 6.03. The SMILES string of the molecule is CN(C(=O)c1ccc(F)cc1F)C(=O)c1ccc(F)cc1F. The second-order valence-electron chi connectivity index (χ2n) is 4.42. The zero-order valence-corrected chi connectivity index (χ0v) is 11.2. The predicted molar refractivity (Wildman–Crippen MR) is 69.1 cm³/mol. The Kier molecular flexibility index (Phi) is 4.25. The van der Waals surface area contributed by atoms with Crippen molar-refractivity contribution in [1.82, 2.24) is 4.90 Å². The van der Waals surface area contributed by atoms with Crippen molar-refractivity contribution in [1.29, 1.82) is 0 Å². The molecule has 2 amide bonds. The molecule has 3 nitrogen and oxygen atoms in total. The van der Waals surface area contributed by atoms with Gasteiger partial charge in [0, 0.05) is 19.2 Å². The normalized spacial score (nSPS) is 10.4. The van der Waals surface area contributed by atoms with Crippen molar-refractivity contribution in [3.63, 3.8) is 0 Å². The predicted octanol–water partition coefficient (Wildman–Crippen LogP) is 3.16. The van der Waals surface area contributed by atoms with Gasteiger partial charge in [-0.1, -0.05) is 0 Å². The van der Waals surface area contributed by atoms with E-state index in [1.54, 1.807) is 0 Å². The Bertz CT molecular complexity index is 698. The Morgan fingerprint density at radius 3 is 1.45 bits per heavy atom. The van der Waals surface area contributed by atoms with Gasteiger partial charge in [0.05, 0.1) is 11.1 Å². The van der Waals surface area contributed by atoms with Crippen molar-refractivity contribution in [3.05, 3.63) is 70.8 Å². The van der Waals surface area contributed by atoms with E-state index < -0.39 is 46.2 Å². The standard InChI is InChI=1S/C15H9F4NO2/c1-20(14(21)10-4-2-8(16)6-12(10)18)15(22)11-5-3-9(17)7-13(11)19/h2-7H,1H3. The van der Waals surface area contributed by atoms with Crippen LogP contribution in [-0.2, 0) is 0 Å². The lowest BCUT2D eigenvalue weighted by Crippen LogP contribution is -2.34. The average Bonchev–Trinajstić information content (AvgIpc) is 2.45. The fourth-order valence-corrected chi connectivity index (χ4v) is 1.78. The highest BCUT2D eigenvalue weighted by molar-refractivity contribution is 6.10. The number of benzene rings is 2. The van der Waals surface area contributed by atoms with Gasteiger partial charge in [-0.25, -0.2) is 17.6 Å². The van der Waals surface area contributed by atoms with E-state index in [0.29, 0.717) is 17.0 Å². The number of carbonyl (C=O) groups is 2. The number of imide groups is 1. The van der Waals surface area contributed by atoms with Crippen LogP contribution < -0.4 is 0 Å².